The van der Waals surface area contributed by atoms with Gasteiger partial charge in [-0.15, -0.1) is 0 Å². The summed E-state index contributed by atoms with van der Waals surface area (Å²) in [6.45, 7) is 11.8. The summed E-state index contributed by atoms with van der Waals surface area (Å²) in [7, 11) is 0. The molecule has 0 spiro atoms. The molecule has 244 valence electrons. The van der Waals surface area contributed by atoms with Gasteiger partial charge in [-0.05, 0) is 104 Å². The van der Waals surface area contributed by atoms with E-state index in [1.54, 1.807) is 0 Å². The molecule has 0 radical (unpaired) electrons. The summed E-state index contributed by atoms with van der Waals surface area (Å²) < 4.78 is 0. The van der Waals surface area contributed by atoms with Gasteiger partial charge in [-0.1, -0.05) is 156 Å². The molecule has 1 heteroatoms. The number of fused-ring (bicyclic) bond motifs is 6. The van der Waals surface area contributed by atoms with Gasteiger partial charge in [0.1, 0.15) is 0 Å². The summed E-state index contributed by atoms with van der Waals surface area (Å²) in [4.78, 5) is 2.45. The highest BCUT2D eigenvalue weighted by atomic mass is 15.1. The number of hydrogen-bond donors (Lipinski definition) is 0. The van der Waals surface area contributed by atoms with Crippen molar-refractivity contribution in [2.24, 2.45) is 0 Å². The van der Waals surface area contributed by atoms with Crippen molar-refractivity contribution in [2.75, 3.05) is 4.90 Å². The van der Waals surface area contributed by atoms with Gasteiger partial charge in [-0.25, -0.2) is 0 Å². The molecule has 0 N–H and O–H groups in total. The zero-order chi connectivity index (χ0) is 34.3. The zero-order valence-electron chi connectivity index (χ0n) is 29.7. The van der Waals surface area contributed by atoms with Crippen molar-refractivity contribution in [1.29, 1.82) is 0 Å². The first kappa shape index (κ1) is 30.6. The van der Waals surface area contributed by atoms with Gasteiger partial charge < -0.3 is 4.90 Å². The number of benzene rings is 6. The molecule has 1 unspecified atom stereocenters. The Morgan fingerprint density at radius 2 is 1.06 bits per heavy atom. The van der Waals surface area contributed by atoms with Gasteiger partial charge in [-0.2, -0.15) is 0 Å². The Kier molecular flexibility index (Phi) is 6.78. The Hall–Kier alpha value is -5.40. The van der Waals surface area contributed by atoms with Crippen molar-refractivity contribution in [3.8, 4) is 33.4 Å². The second-order valence-corrected chi connectivity index (χ2v) is 15.6. The van der Waals surface area contributed by atoms with Crippen LogP contribution in [-0.2, 0) is 16.2 Å². The normalized spacial score (nSPS) is 18.7. The molecule has 1 nitrogen and oxygen atoms in total. The fourth-order valence-corrected chi connectivity index (χ4v) is 9.03. The molecule has 0 amide bonds. The average molecular weight is 646 g/mol. The Bertz CT molecular complexity index is 2370. The van der Waals surface area contributed by atoms with E-state index in [0.717, 1.165) is 23.5 Å². The highest BCUT2D eigenvalue weighted by molar-refractivity contribution is 5.94. The Morgan fingerprint density at radius 1 is 0.460 bits per heavy atom. The minimum Gasteiger partial charge on any atom is -0.310 e. The molecule has 0 bridgehead atoms. The lowest BCUT2D eigenvalue weighted by molar-refractivity contribution is 0.600. The van der Waals surface area contributed by atoms with Crippen LogP contribution in [0.15, 0.2) is 158 Å². The molecule has 6 aromatic rings. The monoisotopic (exact) mass is 645 g/mol. The van der Waals surface area contributed by atoms with Crippen LogP contribution < -0.4 is 4.90 Å². The van der Waals surface area contributed by atoms with Crippen molar-refractivity contribution in [1.82, 2.24) is 0 Å². The fraction of sp³-hybridized carbons (Fsp3) is 0.184. The van der Waals surface area contributed by atoms with Crippen molar-refractivity contribution < 1.29 is 0 Å². The smallest absolute Gasteiger partial charge is 0.0468 e. The number of hydrogen-bond acceptors (Lipinski definition) is 1. The van der Waals surface area contributed by atoms with Crippen LogP contribution in [0, 0.1) is 0 Å². The summed E-state index contributed by atoms with van der Waals surface area (Å²) in [5.74, 6) is 0. The van der Waals surface area contributed by atoms with Gasteiger partial charge in [0, 0.05) is 33.3 Å². The first-order valence-electron chi connectivity index (χ1n) is 18.0. The van der Waals surface area contributed by atoms with Crippen LogP contribution in [0.3, 0.4) is 0 Å². The standard InChI is InChI=1S/C49H43N/c1-47(2)42-20-9-7-17-39(42)41-32-37(27-28-44(41)47)50(35-25-23-34(24-26-35)49(5)29-11-6-12-30-49)36-16-13-15-33(31-36)38-19-14-22-45-46(38)40-18-8-10-21-43(40)48(45,3)4/h6-29,31-32H,30H2,1-5H3. The molecule has 0 saturated heterocycles. The van der Waals surface area contributed by atoms with Crippen molar-refractivity contribution in [3.05, 3.63) is 186 Å². The Morgan fingerprint density at radius 3 is 1.82 bits per heavy atom. The van der Waals surface area contributed by atoms with Crippen molar-refractivity contribution in [3.63, 3.8) is 0 Å². The van der Waals surface area contributed by atoms with Crippen molar-refractivity contribution in [2.45, 2.75) is 57.3 Å². The summed E-state index contributed by atoms with van der Waals surface area (Å²) >= 11 is 0. The third-order valence-corrected chi connectivity index (χ3v) is 11.9. The van der Waals surface area contributed by atoms with E-state index in [1.807, 2.05) is 0 Å². The maximum Gasteiger partial charge on any atom is 0.0468 e. The number of allylic oxidation sites excluding steroid dienone is 4. The van der Waals surface area contributed by atoms with Gasteiger partial charge in [0.2, 0.25) is 0 Å². The third-order valence-electron chi connectivity index (χ3n) is 11.9. The second-order valence-electron chi connectivity index (χ2n) is 15.6. The van der Waals surface area contributed by atoms with Gasteiger partial charge in [0.15, 0.2) is 0 Å². The molecule has 3 aliphatic rings. The molecule has 0 aliphatic heterocycles. The van der Waals surface area contributed by atoms with E-state index in [0.29, 0.717) is 0 Å². The van der Waals surface area contributed by atoms with Crippen LogP contribution in [0.5, 0.6) is 0 Å². The zero-order valence-corrected chi connectivity index (χ0v) is 29.7. The molecule has 9 rings (SSSR count). The van der Waals surface area contributed by atoms with Gasteiger partial charge in [0.25, 0.3) is 0 Å². The Labute approximate surface area is 297 Å². The topological polar surface area (TPSA) is 3.24 Å². The Balaban J connectivity index is 1.21. The number of nitrogens with zero attached hydrogens (tertiary/aromatic N) is 1. The van der Waals surface area contributed by atoms with E-state index >= 15 is 0 Å². The molecule has 50 heavy (non-hydrogen) atoms. The maximum absolute atomic E-state index is 2.45. The number of anilines is 3. The lowest BCUT2D eigenvalue weighted by atomic mass is 9.77. The molecule has 1 atom stereocenters. The highest BCUT2D eigenvalue weighted by Gasteiger charge is 2.37. The third kappa shape index (κ3) is 4.53. The second kappa shape index (κ2) is 11.1. The predicted molar refractivity (Wildman–Crippen MR) is 212 cm³/mol. The van der Waals surface area contributed by atoms with Crippen LogP contribution in [0.1, 0.15) is 68.9 Å². The molecule has 0 aromatic heterocycles. The number of rotatable bonds is 5. The minimum atomic E-state index is -0.0399. The van der Waals surface area contributed by atoms with E-state index in [1.165, 1.54) is 61.2 Å². The van der Waals surface area contributed by atoms with Crippen LogP contribution >= 0.6 is 0 Å². The van der Waals surface area contributed by atoms with E-state index < -0.39 is 0 Å². The molecule has 0 saturated carbocycles. The van der Waals surface area contributed by atoms with Crippen LogP contribution in [0.4, 0.5) is 17.1 Å². The summed E-state index contributed by atoms with van der Waals surface area (Å²) in [6, 6.07) is 50.2. The minimum absolute atomic E-state index is 0.00134. The molecule has 3 aliphatic carbocycles. The summed E-state index contributed by atoms with van der Waals surface area (Å²) in [5, 5.41) is 0. The lowest BCUT2D eigenvalue weighted by Crippen LogP contribution is -2.19. The van der Waals surface area contributed by atoms with Crippen LogP contribution in [-0.4, -0.2) is 0 Å². The fourth-order valence-electron chi connectivity index (χ4n) is 9.03. The predicted octanol–water partition coefficient (Wildman–Crippen LogP) is 13.2. The van der Waals surface area contributed by atoms with Crippen molar-refractivity contribution >= 4 is 17.1 Å². The van der Waals surface area contributed by atoms with E-state index in [4.69, 9.17) is 0 Å². The molecule has 0 heterocycles. The van der Waals surface area contributed by atoms with Gasteiger partial charge in [0.05, 0.1) is 0 Å². The van der Waals surface area contributed by atoms with Gasteiger partial charge in [-0.3, -0.25) is 0 Å². The van der Waals surface area contributed by atoms with E-state index in [2.05, 4.69) is 197 Å². The van der Waals surface area contributed by atoms with E-state index in [9.17, 15) is 0 Å². The first-order valence-corrected chi connectivity index (χ1v) is 18.0. The van der Waals surface area contributed by atoms with E-state index in [-0.39, 0.29) is 16.2 Å². The SMILES string of the molecule is CC1(c2ccc(N(c3cccc(-c4cccc5c4-c4ccccc4C5(C)C)c3)c3ccc4c(c3)-c3ccccc3C4(C)C)cc2)C=CC=CC1. The summed E-state index contributed by atoms with van der Waals surface area (Å²) in [5.41, 5.74) is 18.2. The average Bonchev–Trinajstić information content (AvgIpc) is 3.52. The molecule has 0 fully saturated rings. The molecule has 6 aromatic carbocycles. The van der Waals surface area contributed by atoms with Crippen LogP contribution in [0.2, 0.25) is 0 Å². The van der Waals surface area contributed by atoms with Gasteiger partial charge >= 0.3 is 0 Å². The molecular weight excluding hydrogens is 603 g/mol. The molecular formula is C49H43N. The highest BCUT2D eigenvalue weighted by Crippen LogP contribution is 2.53. The first-order chi connectivity index (χ1) is 24.2. The summed E-state index contributed by atoms with van der Waals surface area (Å²) in [6.07, 6.45) is 9.95. The quantitative estimate of drug-likeness (QED) is 0.180. The van der Waals surface area contributed by atoms with Crippen LogP contribution in [0.25, 0.3) is 33.4 Å². The maximum atomic E-state index is 2.45. The lowest BCUT2D eigenvalue weighted by Gasteiger charge is -2.30. The largest absolute Gasteiger partial charge is 0.310 e.